The zero-order chi connectivity index (χ0) is 27.2. The topological polar surface area (TPSA) is 107 Å². The third kappa shape index (κ3) is 6.69. The minimum Gasteiger partial charge on any atom is -0.493 e. The number of methoxy groups -OCH3 is 1. The van der Waals surface area contributed by atoms with E-state index in [0.29, 0.717) is 49.4 Å². The number of carbonyl (C=O) groups excluding carboxylic acids is 2. The van der Waals surface area contributed by atoms with Crippen molar-refractivity contribution in [3.8, 4) is 11.5 Å². The number of hydrogen-bond donors (Lipinski definition) is 2. The molecule has 0 bridgehead atoms. The summed E-state index contributed by atoms with van der Waals surface area (Å²) in [5.41, 5.74) is 4.23. The lowest BCUT2D eigenvalue weighted by Gasteiger charge is -2.26. The standard InChI is InChI=1S/C29H35N5O5/c1-33-25(16-24(32-33)22-10-11-22)28(35)31-17-23-4-3-5-26(27(23)37-2)38-18-20-6-8-21(9-7-20)19-39-29(36)34-14-12-30-13-15-34/h3-9,16,22,30H,10-15,17-19H2,1-2H3,(H,31,35). The molecule has 1 aromatic heterocycles. The summed E-state index contributed by atoms with van der Waals surface area (Å²) in [6.07, 6.45) is 1.99. The average Bonchev–Trinajstić information content (AvgIpc) is 3.75. The summed E-state index contributed by atoms with van der Waals surface area (Å²) < 4.78 is 18.8. The van der Waals surface area contributed by atoms with Crippen molar-refractivity contribution in [2.75, 3.05) is 33.3 Å². The van der Waals surface area contributed by atoms with Crippen LogP contribution in [-0.4, -0.2) is 60.0 Å². The highest BCUT2D eigenvalue weighted by atomic mass is 16.6. The molecule has 2 aliphatic rings. The summed E-state index contributed by atoms with van der Waals surface area (Å²) in [6, 6.07) is 15.3. The molecule has 39 heavy (non-hydrogen) atoms. The van der Waals surface area contributed by atoms with Gasteiger partial charge in [0, 0.05) is 51.3 Å². The fraction of sp³-hybridized carbons (Fsp3) is 0.414. The summed E-state index contributed by atoms with van der Waals surface area (Å²) in [5, 5.41) is 10.7. The van der Waals surface area contributed by atoms with Crippen LogP contribution in [0.2, 0.25) is 0 Å². The number of para-hydroxylation sites is 1. The normalized spacial score (nSPS) is 15.1. The zero-order valence-electron chi connectivity index (χ0n) is 22.4. The molecule has 3 aromatic rings. The van der Waals surface area contributed by atoms with Crippen LogP contribution < -0.4 is 20.1 Å². The lowest BCUT2D eigenvalue weighted by atomic mass is 10.1. The first-order chi connectivity index (χ1) is 19.0. The van der Waals surface area contributed by atoms with Crippen LogP contribution in [-0.2, 0) is 31.5 Å². The lowest BCUT2D eigenvalue weighted by molar-refractivity contribution is 0.0916. The second-order valence-corrected chi connectivity index (χ2v) is 9.88. The molecule has 2 N–H and O–H groups in total. The average molecular weight is 534 g/mol. The number of aromatic nitrogens is 2. The van der Waals surface area contributed by atoms with Crippen LogP contribution in [0.5, 0.6) is 11.5 Å². The van der Waals surface area contributed by atoms with Gasteiger partial charge in [-0.2, -0.15) is 5.10 Å². The Morgan fingerprint density at radius 2 is 1.77 bits per heavy atom. The molecule has 2 aromatic carbocycles. The van der Waals surface area contributed by atoms with Crippen LogP contribution in [0.25, 0.3) is 0 Å². The van der Waals surface area contributed by atoms with Gasteiger partial charge < -0.3 is 29.7 Å². The van der Waals surface area contributed by atoms with Crippen LogP contribution in [0.15, 0.2) is 48.5 Å². The number of nitrogens with zero attached hydrogens (tertiary/aromatic N) is 3. The van der Waals surface area contributed by atoms with Gasteiger partial charge in [-0.3, -0.25) is 9.48 Å². The van der Waals surface area contributed by atoms with E-state index in [4.69, 9.17) is 14.2 Å². The molecular formula is C29H35N5O5. The summed E-state index contributed by atoms with van der Waals surface area (Å²) in [5.74, 6) is 1.49. The minimum atomic E-state index is -0.282. The lowest BCUT2D eigenvalue weighted by Crippen LogP contribution is -2.46. The van der Waals surface area contributed by atoms with E-state index in [1.165, 1.54) is 0 Å². The molecule has 5 rings (SSSR count). The number of aryl methyl sites for hydroxylation is 1. The molecular weight excluding hydrogens is 498 g/mol. The first-order valence-electron chi connectivity index (χ1n) is 13.3. The molecule has 1 aliphatic heterocycles. The Labute approximate surface area is 228 Å². The van der Waals surface area contributed by atoms with Gasteiger partial charge in [0.05, 0.1) is 12.8 Å². The van der Waals surface area contributed by atoms with E-state index in [-0.39, 0.29) is 18.6 Å². The van der Waals surface area contributed by atoms with Crippen LogP contribution in [0.3, 0.4) is 0 Å². The third-order valence-electron chi connectivity index (χ3n) is 6.99. The van der Waals surface area contributed by atoms with E-state index in [1.807, 2.05) is 48.5 Å². The Balaban J connectivity index is 1.14. The maximum atomic E-state index is 12.8. The third-order valence-corrected chi connectivity index (χ3v) is 6.99. The Bertz CT molecular complexity index is 1300. The molecule has 2 amide bonds. The zero-order valence-corrected chi connectivity index (χ0v) is 22.4. The molecule has 0 unspecified atom stereocenters. The predicted molar refractivity (Wildman–Crippen MR) is 145 cm³/mol. The highest BCUT2D eigenvalue weighted by molar-refractivity contribution is 5.92. The second kappa shape index (κ2) is 12.2. The molecule has 0 spiro atoms. The van der Waals surface area contributed by atoms with Gasteiger partial charge in [0.15, 0.2) is 11.5 Å². The van der Waals surface area contributed by atoms with Gasteiger partial charge in [0.2, 0.25) is 0 Å². The van der Waals surface area contributed by atoms with Crippen LogP contribution in [0, 0.1) is 0 Å². The Morgan fingerprint density at radius 3 is 2.46 bits per heavy atom. The summed E-state index contributed by atoms with van der Waals surface area (Å²) in [4.78, 5) is 26.7. The van der Waals surface area contributed by atoms with Gasteiger partial charge in [0.25, 0.3) is 5.91 Å². The van der Waals surface area contributed by atoms with Gasteiger partial charge in [0.1, 0.15) is 18.9 Å². The van der Waals surface area contributed by atoms with Gasteiger partial charge in [-0.1, -0.05) is 36.4 Å². The van der Waals surface area contributed by atoms with Gasteiger partial charge in [-0.15, -0.1) is 0 Å². The Morgan fingerprint density at radius 1 is 1.05 bits per heavy atom. The number of benzene rings is 2. The van der Waals surface area contributed by atoms with Crippen molar-refractivity contribution in [1.29, 1.82) is 0 Å². The largest absolute Gasteiger partial charge is 0.493 e. The van der Waals surface area contributed by atoms with E-state index in [9.17, 15) is 9.59 Å². The van der Waals surface area contributed by atoms with Crippen molar-refractivity contribution in [2.45, 2.75) is 38.5 Å². The van der Waals surface area contributed by atoms with Crippen molar-refractivity contribution in [1.82, 2.24) is 25.3 Å². The molecule has 2 heterocycles. The van der Waals surface area contributed by atoms with E-state index >= 15 is 0 Å². The molecule has 2 fully saturated rings. The fourth-order valence-corrected chi connectivity index (χ4v) is 4.57. The number of nitrogens with one attached hydrogen (secondary N) is 2. The monoisotopic (exact) mass is 533 g/mol. The van der Waals surface area contributed by atoms with Gasteiger partial charge >= 0.3 is 6.09 Å². The predicted octanol–water partition coefficient (Wildman–Crippen LogP) is 3.36. The number of amides is 2. The fourth-order valence-electron chi connectivity index (χ4n) is 4.57. The number of ether oxygens (including phenoxy) is 3. The molecule has 1 aliphatic carbocycles. The minimum absolute atomic E-state index is 0.177. The smallest absolute Gasteiger partial charge is 0.410 e. The summed E-state index contributed by atoms with van der Waals surface area (Å²) in [7, 11) is 3.38. The SMILES string of the molecule is COc1c(CNC(=O)c2cc(C3CC3)nn2C)cccc1OCc1ccc(COC(=O)N2CCNCC2)cc1. The molecule has 206 valence electrons. The van der Waals surface area contributed by atoms with E-state index in [2.05, 4.69) is 15.7 Å². The van der Waals surface area contributed by atoms with Crippen LogP contribution >= 0.6 is 0 Å². The van der Waals surface area contributed by atoms with E-state index < -0.39 is 0 Å². The first kappa shape index (κ1) is 26.6. The Hall–Kier alpha value is -4.05. The highest BCUT2D eigenvalue weighted by Gasteiger charge is 2.28. The molecule has 10 nitrogen and oxygen atoms in total. The van der Waals surface area contributed by atoms with Crippen molar-refractivity contribution in [3.05, 3.63) is 76.6 Å². The van der Waals surface area contributed by atoms with Crippen LogP contribution in [0.1, 0.15) is 51.6 Å². The molecule has 10 heteroatoms. The number of hydrogen-bond acceptors (Lipinski definition) is 7. The molecule has 1 saturated carbocycles. The summed E-state index contributed by atoms with van der Waals surface area (Å²) >= 11 is 0. The van der Waals surface area contributed by atoms with E-state index in [0.717, 1.165) is 48.3 Å². The first-order valence-corrected chi connectivity index (χ1v) is 13.3. The molecule has 0 radical (unpaired) electrons. The summed E-state index contributed by atoms with van der Waals surface area (Å²) in [6.45, 7) is 3.77. The highest BCUT2D eigenvalue weighted by Crippen LogP contribution is 2.39. The number of rotatable bonds is 10. The Kier molecular flexibility index (Phi) is 8.31. The maximum absolute atomic E-state index is 12.8. The van der Waals surface area contributed by atoms with Crippen molar-refractivity contribution in [3.63, 3.8) is 0 Å². The van der Waals surface area contributed by atoms with Crippen molar-refractivity contribution >= 4 is 12.0 Å². The number of carbonyl (C=O) groups is 2. The van der Waals surface area contributed by atoms with Crippen molar-refractivity contribution in [2.24, 2.45) is 7.05 Å². The second-order valence-electron chi connectivity index (χ2n) is 9.88. The van der Waals surface area contributed by atoms with Gasteiger partial charge in [-0.25, -0.2) is 4.79 Å². The van der Waals surface area contributed by atoms with Crippen LogP contribution in [0.4, 0.5) is 4.79 Å². The molecule has 1 saturated heterocycles. The molecule has 0 atom stereocenters. The van der Waals surface area contributed by atoms with E-state index in [1.54, 1.807) is 23.7 Å². The maximum Gasteiger partial charge on any atom is 0.410 e. The van der Waals surface area contributed by atoms with Crippen molar-refractivity contribution < 1.29 is 23.8 Å². The quantitative estimate of drug-likeness (QED) is 0.412. The van der Waals surface area contributed by atoms with Gasteiger partial charge in [-0.05, 0) is 36.1 Å². The number of piperazine rings is 1.